The fraction of sp³-hybridized carbons (Fsp3) is 0.500. The molecule has 3 aliphatic heterocycles. The van der Waals surface area contributed by atoms with E-state index in [4.69, 9.17) is 10.5 Å². The van der Waals surface area contributed by atoms with Crippen LogP contribution in [0.2, 0.25) is 0 Å². The number of benzene rings is 1. The van der Waals surface area contributed by atoms with E-state index in [9.17, 15) is 19.2 Å². The van der Waals surface area contributed by atoms with Crippen molar-refractivity contribution < 1.29 is 23.9 Å². The van der Waals surface area contributed by atoms with Crippen LogP contribution in [0.5, 0.6) is 0 Å². The van der Waals surface area contributed by atoms with Gasteiger partial charge < -0.3 is 10.5 Å². The van der Waals surface area contributed by atoms with Gasteiger partial charge in [-0.1, -0.05) is 6.07 Å². The Morgan fingerprint density at radius 2 is 1.93 bits per heavy atom. The Morgan fingerprint density at radius 1 is 1.14 bits per heavy atom. The van der Waals surface area contributed by atoms with Crippen LogP contribution < -0.4 is 11.1 Å². The first-order valence-electron chi connectivity index (χ1n) is 9.86. The number of ether oxygens (including phenoxy) is 1. The Bertz CT molecular complexity index is 870. The molecule has 3 aliphatic rings. The molecule has 0 saturated carbocycles. The van der Waals surface area contributed by atoms with Crippen molar-refractivity contribution in [1.82, 2.24) is 15.1 Å². The number of hydrogen-bond donors (Lipinski definition) is 2. The largest absolute Gasteiger partial charge is 0.376 e. The van der Waals surface area contributed by atoms with Crippen molar-refractivity contribution in [3.8, 4) is 0 Å². The summed E-state index contributed by atoms with van der Waals surface area (Å²) in [6, 6.07) is 4.26. The van der Waals surface area contributed by atoms with Crippen molar-refractivity contribution >= 4 is 23.6 Å². The van der Waals surface area contributed by atoms with Gasteiger partial charge in [-0.2, -0.15) is 0 Å². The SMILES string of the molecule is NCC1CN(Cc2ccc3c(c2)C(=O)N(C2CCC(=O)NC2=O)C3=O)CCCO1. The molecule has 9 nitrogen and oxygen atoms in total. The minimum Gasteiger partial charge on any atom is -0.376 e. The Balaban J connectivity index is 1.52. The van der Waals surface area contributed by atoms with E-state index < -0.39 is 23.8 Å². The summed E-state index contributed by atoms with van der Waals surface area (Å²) in [6.45, 7) is 3.32. The highest BCUT2D eigenvalue weighted by Gasteiger charge is 2.44. The van der Waals surface area contributed by atoms with E-state index in [2.05, 4.69) is 10.2 Å². The van der Waals surface area contributed by atoms with Gasteiger partial charge in [0.1, 0.15) is 6.04 Å². The maximum Gasteiger partial charge on any atom is 0.262 e. The van der Waals surface area contributed by atoms with Crippen LogP contribution >= 0.6 is 0 Å². The number of nitrogens with zero attached hydrogens (tertiary/aromatic N) is 2. The molecule has 154 valence electrons. The van der Waals surface area contributed by atoms with Crippen molar-refractivity contribution in [3.05, 3.63) is 34.9 Å². The molecule has 0 spiro atoms. The van der Waals surface area contributed by atoms with Gasteiger partial charge in [0.15, 0.2) is 0 Å². The normalized spacial score (nSPS) is 25.8. The van der Waals surface area contributed by atoms with Gasteiger partial charge in [-0.15, -0.1) is 0 Å². The molecule has 1 aromatic carbocycles. The topological polar surface area (TPSA) is 122 Å². The first-order chi connectivity index (χ1) is 14.0. The number of hydrogen-bond acceptors (Lipinski definition) is 7. The third kappa shape index (κ3) is 3.81. The average Bonchev–Trinajstić information content (AvgIpc) is 2.85. The smallest absolute Gasteiger partial charge is 0.262 e. The molecule has 1 aromatic rings. The highest BCUT2D eigenvalue weighted by molar-refractivity contribution is 6.23. The summed E-state index contributed by atoms with van der Waals surface area (Å²) in [5, 5.41) is 2.20. The Kier molecular flexibility index (Phi) is 5.44. The molecular formula is C20H24N4O5. The van der Waals surface area contributed by atoms with E-state index in [-0.39, 0.29) is 24.9 Å². The second-order valence-electron chi connectivity index (χ2n) is 7.64. The van der Waals surface area contributed by atoms with Gasteiger partial charge in [0.2, 0.25) is 11.8 Å². The van der Waals surface area contributed by atoms with Gasteiger partial charge >= 0.3 is 0 Å². The van der Waals surface area contributed by atoms with Crippen molar-refractivity contribution in [2.75, 3.05) is 26.2 Å². The highest BCUT2D eigenvalue weighted by atomic mass is 16.5. The van der Waals surface area contributed by atoms with E-state index in [1.54, 1.807) is 12.1 Å². The number of nitrogens with two attached hydrogens (primary N) is 1. The third-order valence-corrected chi connectivity index (χ3v) is 5.61. The first kappa shape index (κ1) is 19.7. The second kappa shape index (κ2) is 8.02. The number of carbonyl (C=O) groups excluding carboxylic acids is 4. The lowest BCUT2D eigenvalue weighted by molar-refractivity contribution is -0.136. The summed E-state index contributed by atoms with van der Waals surface area (Å²) < 4.78 is 5.69. The zero-order valence-electron chi connectivity index (χ0n) is 16.1. The first-order valence-corrected chi connectivity index (χ1v) is 9.86. The molecule has 4 amide bonds. The molecule has 2 saturated heterocycles. The Hall–Kier alpha value is -2.62. The summed E-state index contributed by atoms with van der Waals surface area (Å²) in [5.41, 5.74) is 7.26. The van der Waals surface area contributed by atoms with Crippen molar-refractivity contribution in [3.63, 3.8) is 0 Å². The molecule has 4 rings (SSSR count). The van der Waals surface area contributed by atoms with Gasteiger partial charge in [-0.3, -0.25) is 34.3 Å². The molecule has 3 heterocycles. The summed E-state index contributed by atoms with van der Waals surface area (Å²) in [5.74, 6) is -1.96. The van der Waals surface area contributed by atoms with Crippen molar-refractivity contribution in [1.29, 1.82) is 0 Å². The zero-order valence-corrected chi connectivity index (χ0v) is 16.1. The molecular weight excluding hydrogens is 376 g/mol. The molecule has 29 heavy (non-hydrogen) atoms. The standard InChI is InChI=1S/C20H24N4O5/c21-9-13-11-23(6-1-7-29-13)10-12-2-3-14-15(8-12)20(28)24(19(14)27)16-4-5-17(25)22-18(16)26/h2-3,8,13,16H,1,4-7,9-11,21H2,(H,22,25,26). The van der Waals surface area contributed by atoms with Gasteiger partial charge in [-0.25, -0.2) is 0 Å². The maximum atomic E-state index is 12.9. The Labute approximate surface area is 168 Å². The van der Waals surface area contributed by atoms with Crippen LogP contribution in [-0.4, -0.2) is 71.8 Å². The van der Waals surface area contributed by atoms with E-state index in [1.165, 1.54) is 0 Å². The van der Waals surface area contributed by atoms with Crippen LogP contribution in [0.1, 0.15) is 45.5 Å². The number of imide groups is 2. The fourth-order valence-corrected chi connectivity index (χ4v) is 4.13. The van der Waals surface area contributed by atoms with Gasteiger partial charge in [0.25, 0.3) is 11.8 Å². The fourth-order valence-electron chi connectivity index (χ4n) is 4.13. The molecule has 9 heteroatoms. The number of amides is 4. The maximum absolute atomic E-state index is 12.9. The molecule has 3 N–H and O–H groups in total. The lowest BCUT2D eigenvalue weighted by atomic mass is 10.0. The zero-order chi connectivity index (χ0) is 20.5. The quantitative estimate of drug-likeness (QED) is 0.662. The molecule has 0 aromatic heterocycles. The van der Waals surface area contributed by atoms with E-state index in [0.717, 1.165) is 23.4 Å². The van der Waals surface area contributed by atoms with Gasteiger partial charge in [0.05, 0.1) is 17.2 Å². The number of carbonyl (C=O) groups is 4. The lowest BCUT2D eigenvalue weighted by Gasteiger charge is -2.27. The van der Waals surface area contributed by atoms with Crippen LogP contribution in [0.4, 0.5) is 0 Å². The molecule has 0 aliphatic carbocycles. The minimum atomic E-state index is -0.948. The average molecular weight is 400 g/mol. The van der Waals surface area contributed by atoms with E-state index in [0.29, 0.717) is 37.4 Å². The number of rotatable bonds is 4. The number of fused-ring (bicyclic) bond motifs is 1. The molecule has 2 unspecified atom stereocenters. The van der Waals surface area contributed by atoms with Crippen LogP contribution in [0.3, 0.4) is 0 Å². The van der Waals surface area contributed by atoms with E-state index in [1.807, 2.05) is 6.07 Å². The van der Waals surface area contributed by atoms with Gasteiger partial charge in [-0.05, 0) is 30.5 Å². The number of piperidine rings is 1. The molecule has 2 atom stereocenters. The predicted molar refractivity (Wildman–Crippen MR) is 102 cm³/mol. The second-order valence-corrected chi connectivity index (χ2v) is 7.64. The van der Waals surface area contributed by atoms with Crippen LogP contribution in [0.25, 0.3) is 0 Å². The Morgan fingerprint density at radius 3 is 2.69 bits per heavy atom. The summed E-state index contributed by atoms with van der Waals surface area (Å²) in [4.78, 5) is 52.4. The lowest BCUT2D eigenvalue weighted by Crippen LogP contribution is -2.54. The molecule has 0 radical (unpaired) electrons. The van der Waals surface area contributed by atoms with Crippen LogP contribution in [0.15, 0.2) is 18.2 Å². The van der Waals surface area contributed by atoms with E-state index >= 15 is 0 Å². The monoisotopic (exact) mass is 400 g/mol. The van der Waals surface area contributed by atoms with Crippen LogP contribution in [-0.2, 0) is 20.9 Å². The van der Waals surface area contributed by atoms with Gasteiger partial charge in [0, 0.05) is 39.2 Å². The number of nitrogens with one attached hydrogen (secondary N) is 1. The van der Waals surface area contributed by atoms with Crippen LogP contribution in [0, 0.1) is 0 Å². The highest BCUT2D eigenvalue weighted by Crippen LogP contribution is 2.28. The van der Waals surface area contributed by atoms with Crippen molar-refractivity contribution in [2.24, 2.45) is 5.73 Å². The summed E-state index contributed by atoms with van der Waals surface area (Å²) in [6.07, 6.45) is 1.14. The summed E-state index contributed by atoms with van der Waals surface area (Å²) in [7, 11) is 0. The molecule has 0 bridgehead atoms. The summed E-state index contributed by atoms with van der Waals surface area (Å²) >= 11 is 0. The molecule has 2 fully saturated rings. The third-order valence-electron chi connectivity index (χ3n) is 5.61. The minimum absolute atomic E-state index is 0.0156. The predicted octanol–water partition coefficient (Wildman–Crippen LogP) is -0.363. The van der Waals surface area contributed by atoms with Crippen molar-refractivity contribution in [2.45, 2.75) is 38.0 Å².